The number of amides is 1. The minimum absolute atomic E-state index is 0.0388. The second-order valence-electron chi connectivity index (χ2n) is 4.96. The summed E-state index contributed by atoms with van der Waals surface area (Å²) in [6, 6.07) is 13.3. The van der Waals surface area contributed by atoms with E-state index in [4.69, 9.17) is 0 Å². The van der Waals surface area contributed by atoms with E-state index in [-0.39, 0.29) is 18.6 Å². The van der Waals surface area contributed by atoms with E-state index in [0.717, 1.165) is 11.3 Å². The summed E-state index contributed by atoms with van der Waals surface area (Å²) in [5.41, 5.74) is 2.56. The number of carbonyl (C=O) groups is 1. The Balaban J connectivity index is 1.80. The number of hydrogen-bond acceptors (Lipinski definition) is 3. The predicted molar refractivity (Wildman–Crippen MR) is 75.1 cm³/mol. The van der Waals surface area contributed by atoms with Gasteiger partial charge >= 0.3 is 0 Å². The Morgan fingerprint density at radius 1 is 1.20 bits per heavy atom. The summed E-state index contributed by atoms with van der Waals surface area (Å²) >= 11 is 0. The van der Waals surface area contributed by atoms with Crippen molar-refractivity contribution in [2.24, 2.45) is 0 Å². The normalized spacial score (nSPS) is 15.2. The van der Waals surface area contributed by atoms with Gasteiger partial charge in [0.1, 0.15) is 0 Å². The average molecular weight is 268 g/mol. The first-order valence-electron chi connectivity index (χ1n) is 6.69. The highest BCUT2D eigenvalue weighted by atomic mass is 16.3. The van der Waals surface area contributed by atoms with Crippen LogP contribution in [0.5, 0.6) is 0 Å². The minimum Gasteiger partial charge on any atom is -0.394 e. The Hall–Kier alpha value is -2.20. The quantitative estimate of drug-likeness (QED) is 0.917. The first kappa shape index (κ1) is 12.8. The molecule has 1 N–H and O–H groups in total. The molecule has 0 spiro atoms. The molecule has 0 bridgehead atoms. The Morgan fingerprint density at radius 2 is 2.00 bits per heavy atom. The van der Waals surface area contributed by atoms with Crippen molar-refractivity contribution < 1.29 is 9.90 Å². The van der Waals surface area contributed by atoms with Crippen molar-refractivity contribution in [3.63, 3.8) is 0 Å². The smallest absolute Gasteiger partial charge is 0.256 e. The fraction of sp³-hybridized carbons (Fsp3) is 0.250. The molecule has 0 saturated carbocycles. The molecule has 1 aromatic carbocycles. The Morgan fingerprint density at radius 3 is 2.70 bits per heavy atom. The fourth-order valence-electron chi connectivity index (χ4n) is 2.60. The molecular formula is C16H16N2O2. The molecule has 2 heterocycles. The predicted octanol–water partition coefficient (Wildman–Crippen LogP) is 1.64. The lowest BCUT2D eigenvalue weighted by Crippen LogP contribution is -2.39. The van der Waals surface area contributed by atoms with Crippen LogP contribution in [0, 0.1) is 0 Å². The van der Waals surface area contributed by atoms with Crippen LogP contribution < -0.4 is 0 Å². The SMILES string of the molecule is O=C1c2cccnc2CN1[C@H](CO)Cc1ccccc1. The van der Waals surface area contributed by atoms with Crippen LogP contribution in [0.25, 0.3) is 0 Å². The van der Waals surface area contributed by atoms with Gasteiger partial charge in [0, 0.05) is 6.20 Å². The van der Waals surface area contributed by atoms with E-state index in [9.17, 15) is 9.90 Å². The summed E-state index contributed by atoms with van der Waals surface area (Å²) in [6.07, 6.45) is 2.35. The summed E-state index contributed by atoms with van der Waals surface area (Å²) in [4.78, 5) is 18.3. The average Bonchev–Trinajstić information content (AvgIpc) is 2.83. The van der Waals surface area contributed by atoms with Crippen LogP contribution >= 0.6 is 0 Å². The van der Waals surface area contributed by atoms with Gasteiger partial charge in [0.15, 0.2) is 0 Å². The van der Waals surface area contributed by atoms with E-state index in [2.05, 4.69) is 4.98 Å². The van der Waals surface area contributed by atoms with Crippen LogP contribution in [0.15, 0.2) is 48.7 Å². The van der Waals surface area contributed by atoms with Crippen molar-refractivity contribution in [1.82, 2.24) is 9.88 Å². The second kappa shape index (κ2) is 5.43. The highest BCUT2D eigenvalue weighted by Crippen LogP contribution is 2.23. The molecule has 102 valence electrons. The molecule has 0 saturated heterocycles. The second-order valence-corrected chi connectivity index (χ2v) is 4.96. The zero-order chi connectivity index (χ0) is 13.9. The van der Waals surface area contributed by atoms with Gasteiger partial charge in [-0.15, -0.1) is 0 Å². The number of fused-ring (bicyclic) bond motifs is 1. The van der Waals surface area contributed by atoms with Gasteiger partial charge in [-0.1, -0.05) is 30.3 Å². The highest BCUT2D eigenvalue weighted by molar-refractivity contribution is 5.97. The molecule has 3 rings (SSSR count). The van der Waals surface area contributed by atoms with Crippen LogP contribution in [0.2, 0.25) is 0 Å². The van der Waals surface area contributed by atoms with Gasteiger partial charge in [0.05, 0.1) is 30.5 Å². The van der Waals surface area contributed by atoms with Crippen molar-refractivity contribution in [2.45, 2.75) is 19.0 Å². The molecule has 1 aliphatic rings. The third kappa shape index (κ3) is 2.30. The standard InChI is InChI=1S/C16H16N2O2/c19-11-13(9-12-5-2-1-3-6-12)18-10-15-14(16(18)20)7-4-8-17-15/h1-8,13,19H,9-11H2/t13-/m0/s1. The molecule has 2 aromatic rings. The highest BCUT2D eigenvalue weighted by Gasteiger charge is 2.32. The third-order valence-electron chi connectivity index (χ3n) is 3.67. The molecule has 20 heavy (non-hydrogen) atoms. The summed E-state index contributed by atoms with van der Waals surface area (Å²) in [7, 11) is 0. The van der Waals surface area contributed by atoms with Crippen LogP contribution in [-0.2, 0) is 13.0 Å². The molecule has 0 radical (unpaired) electrons. The van der Waals surface area contributed by atoms with Gasteiger partial charge in [-0.05, 0) is 24.1 Å². The minimum atomic E-state index is -0.209. The number of nitrogens with zero attached hydrogens (tertiary/aromatic N) is 2. The molecule has 4 heteroatoms. The van der Waals surface area contributed by atoms with Gasteiger partial charge in [-0.25, -0.2) is 0 Å². The van der Waals surface area contributed by atoms with Crippen LogP contribution in [-0.4, -0.2) is 33.5 Å². The zero-order valence-corrected chi connectivity index (χ0v) is 11.1. The summed E-state index contributed by atoms with van der Waals surface area (Å²) in [6.45, 7) is 0.432. The van der Waals surface area contributed by atoms with Gasteiger partial charge < -0.3 is 10.0 Å². The van der Waals surface area contributed by atoms with E-state index in [1.807, 2.05) is 30.3 Å². The Labute approximate surface area is 117 Å². The van der Waals surface area contributed by atoms with Gasteiger partial charge in [0.2, 0.25) is 0 Å². The molecule has 1 aromatic heterocycles. The lowest BCUT2D eigenvalue weighted by molar-refractivity contribution is 0.0616. The molecule has 0 fully saturated rings. The Kier molecular flexibility index (Phi) is 3.48. The number of rotatable bonds is 4. The van der Waals surface area contributed by atoms with Gasteiger partial charge in [-0.2, -0.15) is 0 Å². The lowest BCUT2D eigenvalue weighted by atomic mass is 10.1. The van der Waals surface area contributed by atoms with Crippen molar-refractivity contribution in [1.29, 1.82) is 0 Å². The number of carbonyl (C=O) groups excluding carboxylic acids is 1. The number of aliphatic hydroxyl groups is 1. The number of hydrogen-bond donors (Lipinski definition) is 1. The van der Waals surface area contributed by atoms with E-state index in [1.165, 1.54) is 0 Å². The first-order chi connectivity index (χ1) is 9.79. The number of aliphatic hydroxyl groups excluding tert-OH is 1. The number of aromatic nitrogens is 1. The summed E-state index contributed by atoms with van der Waals surface area (Å²) < 4.78 is 0. The van der Waals surface area contributed by atoms with Crippen molar-refractivity contribution in [3.8, 4) is 0 Å². The molecular weight excluding hydrogens is 252 g/mol. The van der Waals surface area contributed by atoms with E-state index in [0.29, 0.717) is 18.5 Å². The molecule has 1 aliphatic heterocycles. The van der Waals surface area contributed by atoms with E-state index in [1.54, 1.807) is 23.2 Å². The molecule has 1 amide bonds. The topological polar surface area (TPSA) is 53.4 Å². The fourth-order valence-corrected chi connectivity index (χ4v) is 2.60. The van der Waals surface area contributed by atoms with E-state index < -0.39 is 0 Å². The van der Waals surface area contributed by atoms with Crippen LogP contribution in [0.4, 0.5) is 0 Å². The van der Waals surface area contributed by atoms with Crippen molar-refractivity contribution in [3.05, 3.63) is 65.5 Å². The first-order valence-corrected chi connectivity index (χ1v) is 6.69. The maximum atomic E-state index is 12.4. The largest absolute Gasteiger partial charge is 0.394 e. The molecule has 4 nitrogen and oxygen atoms in total. The summed E-state index contributed by atoms with van der Waals surface area (Å²) in [5, 5.41) is 9.63. The van der Waals surface area contributed by atoms with Crippen LogP contribution in [0.1, 0.15) is 21.6 Å². The maximum Gasteiger partial charge on any atom is 0.256 e. The molecule has 0 unspecified atom stereocenters. The van der Waals surface area contributed by atoms with E-state index >= 15 is 0 Å². The maximum absolute atomic E-state index is 12.4. The lowest BCUT2D eigenvalue weighted by Gasteiger charge is -2.26. The number of pyridine rings is 1. The zero-order valence-electron chi connectivity index (χ0n) is 11.1. The monoisotopic (exact) mass is 268 g/mol. The number of benzene rings is 1. The van der Waals surface area contributed by atoms with Crippen molar-refractivity contribution in [2.75, 3.05) is 6.61 Å². The summed E-state index contributed by atoms with van der Waals surface area (Å²) in [5.74, 6) is -0.0388. The van der Waals surface area contributed by atoms with Crippen molar-refractivity contribution >= 4 is 5.91 Å². The van der Waals surface area contributed by atoms with Crippen LogP contribution in [0.3, 0.4) is 0 Å². The molecule has 0 aliphatic carbocycles. The Bertz CT molecular complexity index is 613. The van der Waals surface area contributed by atoms with Gasteiger partial charge in [0.25, 0.3) is 5.91 Å². The third-order valence-corrected chi connectivity index (χ3v) is 3.67. The van der Waals surface area contributed by atoms with Gasteiger partial charge in [-0.3, -0.25) is 9.78 Å². The molecule has 1 atom stereocenters.